The number of rotatable bonds is 21. The highest BCUT2D eigenvalue weighted by atomic mass is 16.5. The number of hydrogen-bond acceptors (Lipinski definition) is 8. The minimum atomic E-state index is -0.557. The van der Waals surface area contributed by atoms with Crippen LogP contribution in [0.5, 0.6) is 0 Å². The van der Waals surface area contributed by atoms with Crippen molar-refractivity contribution in [3.8, 4) is 0 Å². The van der Waals surface area contributed by atoms with E-state index in [0.29, 0.717) is 59.3 Å². The first kappa shape index (κ1) is 28.1. The summed E-state index contributed by atoms with van der Waals surface area (Å²) in [6.07, 6.45) is 1.09. The number of hydrogen-bond donors (Lipinski definition) is 3. The lowest BCUT2D eigenvalue weighted by molar-refractivity contribution is -0.123. The maximum atomic E-state index is 11.8. The summed E-state index contributed by atoms with van der Waals surface area (Å²) in [6.45, 7) is 6.64. The van der Waals surface area contributed by atoms with Crippen LogP contribution in [0.4, 0.5) is 0 Å². The SMILES string of the molecule is CCCOCCOCCNC(=O)CC(N)CC(=O)NCCOCCOCCN=[N+]=[N-]. The second-order valence-corrected chi connectivity index (χ2v) is 6.27. The zero-order chi connectivity index (χ0) is 22.3. The highest BCUT2D eigenvalue weighted by molar-refractivity contribution is 5.80. The van der Waals surface area contributed by atoms with Crippen molar-refractivity contribution in [2.24, 2.45) is 10.8 Å². The van der Waals surface area contributed by atoms with Crippen molar-refractivity contribution < 1.29 is 28.5 Å². The van der Waals surface area contributed by atoms with Crippen molar-refractivity contribution in [3.05, 3.63) is 10.4 Å². The Bertz CT molecular complexity index is 490. The van der Waals surface area contributed by atoms with Gasteiger partial charge in [-0.2, -0.15) is 0 Å². The molecule has 2 amide bonds. The molecule has 1 atom stereocenters. The summed E-state index contributed by atoms with van der Waals surface area (Å²) >= 11 is 0. The maximum Gasteiger partial charge on any atom is 0.221 e. The van der Waals surface area contributed by atoms with Crippen LogP contribution in [0.15, 0.2) is 5.11 Å². The van der Waals surface area contributed by atoms with E-state index in [-0.39, 0.29) is 31.2 Å². The standard InChI is InChI=1S/C18H36N6O6/c1-2-6-27-10-11-28-7-3-21-17(25)14-16(19)15-18(26)22-4-8-29-12-13-30-9-5-23-24-20/h16H,2-15,19H2,1H3,(H,21,25)(H,22,26). The summed E-state index contributed by atoms with van der Waals surface area (Å²) < 4.78 is 21.1. The van der Waals surface area contributed by atoms with Crippen molar-refractivity contribution in [2.45, 2.75) is 32.2 Å². The monoisotopic (exact) mass is 432 g/mol. The third kappa shape index (κ3) is 20.8. The summed E-state index contributed by atoms with van der Waals surface area (Å²) in [4.78, 5) is 26.2. The molecule has 12 nitrogen and oxygen atoms in total. The number of nitrogens with one attached hydrogen (secondary N) is 2. The first-order valence-electron chi connectivity index (χ1n) is 10.2. The van der Waals surface area contributed by atoms with Crippen molar-refractivity contribution in [1.29, 1.82) is 0 Å². The van der Waals surface area contributed by atoms with Gasteiger partial charge >= 0.3 is 0 Å². The normalized spacial score (nSPS) is 11.5. The van der Waals surface area contributed by atoms with E-state index in [1.807, 2.05) is 6.92 Å². The number of carbonyl (C=O) groups excluding carboxylic acids is 2. The Hall–Kier alpha value is -1.95. The Labute approximate surface area is 177 Å². The molecule has 0 saturated carbocycles. The second-order valence-electron chi connectivity index (χ2n) is 6.27. The molecule has 0 bridgehead atoms. The van der Waals surface area contributed by atoms with Gasteiger partial charge in [0.1, 0.15) is 0 Å². The summed E-state index contributed by atoms with van der Waals surface area (Å²) in [7, 11) is 0. The number of nitrogens with zero attached hydrogens (tertiary/aromatic N) is 3. The summed E-state index contributed by atoms with van der Waals surface area (Å²) in [5.74, 6) is -0.454. The fourth-order valence-electron chi connectivity index (χ4n) is 2.16. The molecule has 1 unspecified atom stereocenters. The molecule has 0 rings (SSSR count). The lowest BCUT2D eigenvalue weighted by Gasteiger charge is -2.12. The van der Waals surface area contributed by atoms with Gasteiger partial charge in [-0.15, -0.1) is 0 Å². The highest BCUT2D eigenvalue weighted by Gasteiger charge is 2.13. The third-order valence-corrected chi connectivity index (χ3v) is 3.52. The predicted octanol–water partition coefficient (Wildman–Crippen LogP) is 0.113. The average molecular weight is 433 g/mol. The average Bonchev–Trinajstić information content (AvgIpc) is 2.71. The van der Waals surface area contributed by atoms with Crippen LogP contribution in [0.3, 0.4) is 0 Å². The van der Waals surface area contributed by atoms with Crippen LogP contribution < -0.4 is 16.4 Å². The highest BCUT2D eigenvalue weighted by Crippen LogP contribution is 1.95. The van der Waals surface area contributed by atoms with Gasteiger partial charge in [-0.3, -0.25) is 9.59 Å². The molecule has 0 radical (unpaired) electrons. The van der Waals surface area contributed by atoms with Crippen LogP contribution in [0, 0.1) is 0 Å². The van der Waals surface area contributed by atoms with Gasteiger partial charge in [0, 0.05) is 50.0 Å². The van der Waals surface area contributed by atoms with E-state index in [2.05, 4.69) is 20.7 Å². The smallest absolute Gasteiger partial charge is 0.221 e. The second kappa shape index (κ2) is 21.8. The quantitative estimate of drug-likeness (QED) is 0.1000. The Morgan fingerprint density at radius 1 is 0.867 bits per heavy atom. The molecule has 0 aliphatic heterocycles. The summed E-state index contributed by atoms with van der Waals surface area (Å²) in [5, 5.41) is 8.72. The van der Waals surface area contributed by atoms with Gasteiger partial charge in [0.2, 0.25) is 11.8 Å². The van der Waals surface area contributed by atoms with Crippen molar-refractivity contribution in [3.63, 3.8) is 0 Å². The predicted molar refractivity (Wildman–Crippen MR) is 111 cm³/mol. The van der Waals surface area contributed by atoms with E-state index >= 15 is 0 Å². The van der Waals surface area contributed by atoms with Crippen LogP contribution in [-0.2, 0) is 28.5 Å². The number of carbonyl (C=O) groups is 2. The Morgan fingerprint density at radius 3 is 1.80 bits per heavy atom. The van der Waals surface area contributed by atoms with E-state index < -0.39 is 6.04 Å². The molecule has 0 aliphatic carbocycles. The van der Waals surface area contributed by atoms with Crippen molar-refractivity contribution in [1.82, 2.24) is 10.6 Å². The van der Waals surface area contributed by atoms with Gasteiger partial charge in [-0.25, -0.2) is 0 Å². The van der Waals surface area contributed by atoms with E-state index in [1.54, 1.807) is 0 Å². The van der Waals surface area contributed by atoms with Gasteiger partial charge < -0.3 is 35.3 Å². The van der Waals surface area contributed by atoms with Crippen LogP contribution in [0.25, 0.3) is 10.4 Å². The van der Waals surface area contributed by atoms with Gasteiger partial charge in [0.05, 0.1) is 46.2 Å². The first-order valence-corrected chi connectivity index (χ1v) is 10.2. The van der Waals surface area contributed by atoms with Crippen LogP contribution in [0.2, 0.25) is 0 Å². The molecule has 0 aromatic rings. The fraction of sp³-hybridized carbons (Fsp3) is 0.889. The number of azide groups is 1. The molecule has 0 saturated heterocycles. The lowest BCUT2D eigenvalue weighted by Crippen LogP contribution is -2.37. The van der Waals surface area contributed by atoms with Crippen molar-refractivity contribution >= 4 is 11.8 Å². The maximum absolute atomic E-state index is 11.8. The largest absolute Gasteiger partial charge is 0.379 e. The zero-order valence-electron chi connectivity index (χ0n) is 17.8. The van der Waals surface area contributed by atoms with E-state index in [1.165, 1.54) is 0 Å². The molecule has 0 fully saturated rings. The fourth-order valence-corrected chi connectivity index (χ4v) is 2.16. The first-order chi connectivity index (χ1) is 14.6. The molecule has 12 heteroatoms. The van der Waals surface area contributed by atoms with Gasteiger partial charge in [-0.05, 0) is 12.0 Å². The third-order valence-electron chi connectivity index (χ3n) is 3.52. The lowest BCUT2D eigenvalue weighted by atomic mass is 10.1. The molecule has 0 aromatic carbocycles. The molecular formula is C18H36N6O6. The number of amides is 2. The topological polar surface area (TPSA) is 170 Å². The Balaban J connectivity index is 3.51. The number of ether oxygens (including phenoxy) is 4. The molecule has 174 valence electrons. The Kier molecular flexibility index (Phi) is 20.3. The van der Waals surface area contributed by atoms with Crippen LogP contribution >= 0.6 is 0 Å². The van der Waals surface area contributed by atoms with Crippen LogP contribution in [0.1, 0.15) is 26.2 Å². The van der Waals surface area contributed by atoms with E-state index in [0.717, 1.165) is 13.0 Å². The molecular weight excluding hydrogens is 396 g/mol. The summed E-state index contributed by atoms with van der Waals surface area (Å²) in [5.41, 5.74) is 13.9. The molecule has 0 spiro atoms. The molecule has 0 aliphatic rings. The minimum Gasteiger partial charge on any atom is -0.379 e. The minimum absolute atomic E-state index is 0.0568. The Morgan fingerprint density at radius 2 is 1.33 bits per heavy atom. The molecule has 0 aromatic heterocycles. The molecule has 30 heavy (non-hydrogen) atoms. The number of nitrogens with two attached hydrogens (primary N) is 1. The van der Waals surface area contributed by atoms with Gasteiger partial charge in [-0.1, -0.05) is 12.0 Å². The van der Waals surface area contributed by atoms with E-state index in [4.69, 9.17) is 30.2 Å². The zero-order valence-corrected chi connectivity index (χ0v) is 17.8. The van der Waals surface area contributed by atoms with E-state index in [9.17, 15) is 9.59 Å². The van der Waals surface area contributed by atoms with Gasteiger partial charge in [0.25, 0.3) is 0 Å². The molecule has 4 N–H and O–H groups in total. The van der Waals surface area contributed by atoms with Crippen molar-refractivity contribution in [2.75, 3.05) is 72.5 Å². The summed E-state index contributed by atoms with van der Waals surface area (Å²) in [6, 6.07) is -0.557. The molecule has 0 heterocycles. The van der Waals surface area contributed by atoms with Crippen LogP contribution in [-0.4, -0.2) is 90.3 Å². The van der Waals surface area contributed by atoms with Gasteiger partial charge in [0.15, 0.2) is 0 Å².